The third-order valence-corrected chi connectivity index (χ3v) is 6.24. The van der Waals surface area contributed by atoms with Crippen molar-refractivity contribution in [1.82, 2.24) is 4.90 Å². The highest BCUT2D eigenvalue weighted by Crippen LogP contribution is 2.22. The molecule has 1 aliphatic rings. The average molecular weight is 498 g/mol. The Morgan fingerprint density at radius 3 is 1.94 bits per heavy atom. The lowest BCUT2D eigenvalue weighted by molar-refractivity contribution is 0.161. The fraction of sp³-hybridized carbons (Fsp3) is 0.423. The summed E-state index contributed by atoms with van der Waals surface area (Å²) in [5.41, 5.74) is 12.4. The van der Waals surface area contributed by atoms with Crippen molar-refractivity contribution in [3.05, 3.63) is 59.7 Å². The van der Waals surface area contributed by atoms with Gasteiger partial charge in [0.1, 0.15) is 17.3 Å². The third-order valence-electron chi connectivity index (χ3n) is 6.24. The predicted octanol–water partition coefficient (Wildman–Crippen LogP) is 3.50. The molecule has 0 atom stereocenters. The summed E-state index contributed by atoms with van der Waals surface area (Å²) in [6.07, 6.45) is 4.20. The van der Waals surface area contributed by atoms with Gasteiger partial charge in [0.25, 0.3) is 0 Å². The number of nitrogens with two attached hydrogens (primary N) is 2. The van der Waals surface area contributed by atoms with Gasteiger partial charge in [0.15, 0.2) is 5.84 Å². The van der Waals surface area contributed by atoms with Gasteiger partial charge in [-0.3, -0.25) is 0 Å². The van der Waals surface area contributed by atoms with Crippen molar-refractivity contribution in [2.75, 3.05) is 32.8 Å². The summed E-state index contributed by atoms with van der Waals surface area (Å²) in [6, 6.07) is 14.2. The van der Waals surface area contributed by atoms with Crippen LogP contribution in [0.25, 0.3) is 0 Å². The van der Waals surface area contributed by atoms with Crippen molar-refractivity contribution in [3.63, 3.8) is 0 Å². The quantitative estimate of drug-likeness (QED) is 0.114. The van der Waals surface area contributed by atoms with E-state index in [1.807, 2.05) is 12.1 Å². The van der Waals surface area contributed by atoms with E-state index in [0.717, 1.165) is 56.3 Å². The van der Waals surface area contributed by atoms with Gasteiger partial charge in [-0.2, -0.15) is 4.99 Å². The largest absolute Gasteiger partial charge is 0.494 e. The molecule has 0 unspecified atom stereocenters. The van der Waals surface area contributed by atoms with E-state index in [4.69, 9.17) is 31.3 Å². The Bertz CT molecular complexity index is 1020. The Labute approximate surface area is 211 Å². The first-order valence-corrected chi connectivity index (χ1v) is 12.2. The number of benzene rings is 2. The molecule has 0 bridgehead atoms. The average Bonchev–Trinajstić information content (AvgIpc) is 2.89. The lowest BCUT2D eigenvalue weighted by Crippen LogP contribution is -2.35. The van der Waals surface area contributed by atoms with Crippen LogP contribution in [0.3, 0.4) is 0 Å². The summed E-state index contributed by atoms with van der Waals surface area (Å²) in [4.78, 5) is 16.4. The Morgan fingerprint density at radius 2 is 1.42 bits per heavy atom. The fourth-order valence-corrected chi connectivity index (χ4v) is 4.21. The molecule has 194 valence electrons. The molecule has 1 amide bonds. The molecule has 6 N–H and O–H groups in total. The first-order chi connectivity index (χ1) is 17.4. The van der Waals surface area contributed by atoms with E-state index in [-0.39, 0.29) is 11.7 Å². The summed E-state index contributed by atoms with van der Waals surface area (Å²) >= 11 is 0. The molecule has 10 nitrogen and oxygen atoms in total. The maximum Gasteiger partial charge on any atom is 0.433 e. The van der Waals surface area contributed by atoms with Crippen LogP contribution >= 0.6 is 0 Å². The van der Waals surface area contributed by atoms with Gasteiger partial charge in [-0.15, -0.1) is 0 Å². The minimum Gasteiger partial charge on any atom is -0.494 e. The number of carboxylic acid groups (broad SMARTS) is 1. The highest BCUT2D eigenvalue weighted by molar-refractivity contribution is 6.02. The lowest BCUT2D eigenvalue weighted by Gasteiger charge is -2.32. The van der Waals surface area contributed by atoms with Gasteiger partial charge >= 0.3 is 6.09 Å². The molecule has 0 radical (unpaired) electrons. The minimum absolute atomic E-state index is 0.0284. The number of likely N-dealkylation sites (tertiary alicyclic amines) is 1. The smallest absolute Gasteiger partial charge is 0.433 e. The van der Waals surface area contributed by atoms with E-state index in [0.29, 0.717) is 24.3 Å². The third kappa shape index (κ3) is 8.77. The number of piperidine rings is 1. The van der Waals surface area contributed by atoms with Gasteiger partial charge in [-0.05, 0) is 99.6 Å². The van der Waals surface area contributed by atoms with E-state index >= 15 is 0 Å². The normalized spacial score (nSPS) is 15.6. The molecule has 0 aliphatic carbocycles. The standard InChI is InChI=1S/C26H35N5O5/c27-24(29-26(32)33)20-4-8-22(9-5-20)35-17-1-3-19-12-15-31(16-13-19)14-2-18-36-23-10-6-21(7-11-23)25(28)30-34/h4-11,19,34H,1-3,12-18H2,(H2,27,29)(H2,28,30)(H,32,33). The zero-order chi connectivity index (χ0) is 25.8. The molecular formula is C26H35N5O5. The van der Waals surface area contributed by atoms with E-state index in [1.165, 1.54) is 12.8 Å². The molecule has 0 saturated carbocycles. The molecule has 0 spiro atoms. The number of ether oxygens (including phenoxy) is 2. The summed E-state index contributed by atoms with van der Waals surface area (Å²) in [6.45, 7) is 4.55. The van der Waals surface area contributed by atoms with Gasteiger partial charge in [0.05, 0.1) is 13.2 Å². The van der Waals surface area contributed by atoms with Crippen molar-refractivity contribution >= 4 is 17.8 Å². The van der Waals surface area contributed by atoms with Gasteiger partial charge < -0.3 is 36.2 Å². The maximum atomic E-state index is 10.6. The topological polar surface area (TPSA) is 156 Å². The molecule has 1 aliphatic heterocycles. The molecule has 2 aromatic rings. The molecule has 1 saturated heterocycles. The summed E-state index contributed by atoms with van der Waals surface area (Å²) in [5, 5.41) is 20.4. The van der Waals surface area contributed by atoms with Crippen molar-refractivity contribution in [2.45, 2.75) is 32.1 Å². The van der Waals surface area contributed by atoms with Crippen LogP contribution in [0.4, 0.5) is 4.79 Å². The Balaban J connectivity index is 1.24. The van der Waals surface area contributed by atoms with Gasteiger partial charge in [-0.25, -0.2) is 4.79 Å². The second kappa shape index (κ2) is 13.9. The second-order valence-corrected chi connectivity index (χ2v) is 8.79. The lowest BCUT2D eigenvalue weighted by atomic mass is 9.92. The Kier molecular flexibility index (Phi) is 10.4. The molecular weight excluding hydrogens is 462 g/mol. The SMILES string of the molecule is N/C(=N\C(=O)O)c1ccc(OCCCC2CCN(CCCOc3ccc(/C(N)=N\O)cc3)CC2)cc1. The number of nitrogens with zero attached hydrogens (tertiary/aromatic N) is 3. The van der Waals surface area contributed by atoms with E-state index in [9.17, 15) is 4.79 Å². The second-order valence-electron chi connectivity index (χ2n) is 8.79. The Morgan fingerprint density at radius 1 is 0.889 bits per heavy atom. The molecule has 36 heavy (non-hydrogen) atoms. The highest BCUT2D eigenvalue weighted by atomic mass is 16.5. The van der Waals surface area contributed by atoms with E-state index in [2.05, 4.69) is 15.0 Å². The molecule has 0 aromatic heterocycles. The number of amides is 1. The zero-order valence-electron chi connectivity index (χ0n) is 20.4. The molecule has 1 heterocycles. The number of amidine groups is 2. The molecule has 2 aromatic carbocycles. The summed E-state index contributed by atoms with van der Waals surface area (Å²) in [5.74, 6) is 2.29. The van der Waals surface area contributed by atoms with Crippen LogP contribution in [-0.4, -0.2) is 65.8 Å². The van der Waals surface area contributed by atoms with Crippen molar-refractivity contribution in [3.8, 4) is 11.5 Å². The van der Waals surface area contributed by atoms with Crippen LogP contribution in [0.1, 0.15) is 43.2 Å². The van der Waals surface area contributed by atoms with E-state index in [1.54, 1.807) is 36.4 Å². The van der Waals surface area contributed by atoms with Crippen LogP contribution in [0.15, 0.2) is 58.7 Å². The number of rotatable bonds is 12. The molecule has 1 fully saturated rings. The van der Waals surface area contributed by atoms with Gasteiger partial charge in [0, 0.05) is 17.7 Å². The van der Waals surface area contributed by atoms with Crippen molar-refractivity contribution < 1.29 is 24.6 Å². The first-order valence-electron chi connectivity index (χ1n) is 12.2. The van der Waals surface area contributed by atoms with Crippen LogP contribution < -0.4 is 20.9 Å². The zero-order valence-corrected chi connectivity index (χ0v) is 20.4. The summed E-state index contributed by atoms with van der Waals surface area (Å²) in [7, 11) is 0. The molecule has 3 rings (SSSR count). The van der Waals surface area contributed by atoms with Crippen LogP contribution in [-0.2, 0) is 0 Å². The van der Waals surface area contributed by atoms with Crippen molar-refractivity contribution in [2.24, 2.45) is 27.5 Å². The van der Waals surface area contributed by atoms with Crippen LogP contribution in [0.5, 0.6) is 11.5 Å². The fourth-order valence-electron chi connectivity index (χ4n) is 4.21. The van der Waals surface area contributed by atoms with Crippen molar-refractivity contribution in [1.29, 1.82) is 0 Å². The number of hydrogen-bond donors (Lipinski definition) is 4. The highest BCUT2D eigenvalue weighted by Gasteiger charge is 2.18. The van der Waals surface area contributed by atoms with E-state index < -0.39 is 6.09 Å². The van der Waals surface area contributed by atoms with Gasteiger partial charge in [-0.1, -0.05) is 5.16 Å². The Hall–Kier alpha value is -3.79. The predicted molar refractivity (Wildman–Crippen MR) is 138 cm³/mol. The van der Waals surface area contributed by atoms with Crippen LogP contribution in [0, 0.1) is 5.92 Å². The monoisotopic (exact) mass is 497 g/mol. The molecule has 10 heteroatoms. The number of aliphatic imine (C=N–C) groups is 1. The first kappa shape index (κ1) is 26.8. The number of carbonyl (C=O) groups is 1. The number of oxime groups is 1. The maximum absolute atomic E-state index is 10.6. The van der Waals surface area contributed by atoms with Gasteiger partial charge in [0.2, 0.25) is 0 Å². The van der Waals surface area contributed by atoms with Crippen LogP contribution in [0.2, 0.25) is 0 Å². The summed E-state index contributed by atoms with van der Waals surface area (Å²) < 4.78 is 11.6. The minimum atomic E-state index is -1.31. The number of hydrogen-bond acceptors (Lipinski definition) is 6.